The van der Waals surface area contributed by atoms with Gasteiger partial charge in [0.25, 0.3) is 0 Å². The molecule has 1 aromatic carbocycles. The van der Waals surface area contributed by atoms with Crippen molar-refractivity contribution in [2.75, 3.05) is 13.1 Å². The van der Waals surface area contributed by atoms with Crippen molar-refractivity contribution in [1.82, 2.24) is 5.32 Å². The van der Waals surface area contributed by atoms with Gasteiger partial charge in [0.1, 0.15) is 5.75 Å². The molecule has 86 valence electrons. The number of hydrogen-bond donors (Lipinski definition) is 3. The summed E-state index contributed by atoms with van der Waals surface area (Å²) in [4.78, 5) is 0. The third kappa shape index (κ3) is 1.51. The van der Waals surface area contributed by atoms with Crippen LogP contribution < -0.4 is 5.32 Å². The normalized spacial score (nSPS) is 37.6. The van der Waals surface area contributed by atoms with Crippen LogP contribution in [0.2, 0.25) is 0 Å². The van der Waals surface area contributed by atoms with E-state index < -0.39 is 5.60 Å². The van der Waals surface area contributed by atoms with Crippen LogP contribution in [0.25, 0.3) is 0 Å². The lowest BCUT2D eigenvalue weighted by Crippen LogP contribution is -2.25. The van der Waals surface area contributed by atoms with E-state index in [9.17, 15) is 10.2 Å². The van der Waals surface area contributed by atoms with Crippen LogP contribution in [0.1, 0.15) is 18.4 Å². The zero-order chi connectivity index (χ0) is 11.2. The molecule has 0 aromatic heterocycles. The van der Waals surface area contributed by atoms with Gasteiger partial charge in [0.05, 0.1) is 5.60 Å². The molecule has 0 spiro atoms. The van der Waals surface area contributed by atoms with Gasteiger partial charge >= 0.3 is 0 Å². The third-order valence-electron chi connectivity index (χ3n) is 4.06. The summed E-state index contributed by atoms with van der Waals surface area (Å²) in [5.41, 5.74) is 0.137. The van der Waals surface area contributed by atoms with Gasteiger partial charge in [-0.25, -0.2) is 0 Å². The van der Waals surface area contributed by atoms with Crippen LogP contribution in [0.3, 0.4) is 0 Å². The summed E-state index contributed by atoms with van der Waals surface area (Å²) in [6.07, 6.45) is 1.63. The maximum Gasteiger partial charge on any atom is 0.115 e. The van der Waals surface area contributed by atoms with Gasteiger partial charge in [-0.15, -0.1) is 0 Å². The standard InChI is InChI=1S/C13H17NO2/c15-12-3-1-2-11(4-12)13(16)5-9-7-14-8-10(9)6-13/h1-4,9-10,14-16H,5-8H2. The molecule has 3 N–H and O–H groups in total. The molecule has 2 aliphatic rings. The summed E-state index contributed by atoms with van der Waals surface area (Å²) < 4.78 is 0. The Bertz CT molecular complexity index is 393. The molecule has 1 aliphatic carbocycles. The zero-order valence-electron chi connectivity index (χ0n) is 9.19. The second kappa shape index (κ2) is 3.47. The molecule has 3 rings (SSSR count). The van der Waals surface area contributed by atoms with Crippen molar-refractivity contribution >= 4 is 0 Å². The Morgan fingerprint density at radius 2 is 1.88 bits per heavy atom. The first kappa shape index (κ1) is 10.1. The molecule has 1 aromatic rings. The van der Waals surface area contributed by atoms with E-state index in [0.717, 1.165) is 31.5 Å². The van der Waals surface area contributed by atoms with E-state index in [4.69, 9.17) is 0 Å². The van der Waals surface area contributed by atoms with Crippen LogP contribution in [0.4, 0.5) is 0 Å². The number of fused-ring (bicyclic) bond motifs is 1. The Morgan fingerprint density at radius 3 is 2.50 bits per heavy atom. The number of hydrogen-bond acceptors (Lipinski definition) is 3. The number of nitrogens with one attached hydrogen (secondary N) is 1. The van der Waals surface area contributed by atoms with Crippen LogP contribution in [-0.2, 0) is 5.60 Å². The molecule has 1 saturated heterocycles. The fraction of sp³-hybridized carbons (Fsp3) is 0.538. The average Bonchev–Trinajstić information content (AvgIpc) is 2.76. The Labute approximate surface area is 95.1 Å². The van der Waals surface area contributed by atoms with E-state index >= 15 is 0 Å². The van der Waals surface area contributed by atoms with Crippen LogP contribution in [-0.4, -0.2) is 23.3 Å². The maximum absolute atomic E-state index is 10.7. The Morgan fingerprint density at radius 1 is 1.19 bits per heavy atom. The van der Waals surface area contributed by atoms with Crippen molar-refractivity contribution < 1.29 is 10.2 Å². The van der Waals surface area contributed by atoms with E-state index in [-0.39, 0.29) is 5.75 Å². The van der Waals surface area contributed by atoms with Crippen molar-refractivity contribution in [3.8, 4) is 5.75 Å². The lowest BCUT2D eigenvalue weighted by molar-refractivity contribution is 0.0356. The van der Waals surface area contributed by atoms with Crippen LogP contribution >= 0.6 is 0 Å². The molecule has 3 nitrogen and oxygen atoms in total. The highest BCUT2D eigenvalue weighted by Gasteiger charge is 2.46. The van der Waals surface area contributed by atoms with Crippen LogP contribution in [0.15, 0.2) is 24.3 Å². The summed E-state index contributed by atoms with van der Waals surface area (Å²) >= 11 is 0. The molecule has 0 amide bonds. The molecule has 2 atom stereocenters. The highest BCUT2D eigenvalue weighted by molar-refractivity contribution is 5.32. The minimum absolute atomic E-state index is 0.237. The molecule has 0 radical (unpaired) electrons. The Hall–Kier alpha value is -1.06. The Balaban J connectivity index is 1.89. The molecule has 2 unspecified atom stereocenters. The van der Waals surface area contributed by atoms with Crippen molar-refractivity contribution in [1.29, 1.82) is 0 Å². The number of phenols is 1. The third-order valence-corrected chi connectivity index (χ3v) is 4.06. The van der Waals surface area contributed by atoms with Gasteiger partial charge in [0.15, 0.2) is 0 Å². The first-order valence-corrected chi connectivity index (χ1v) is 5.90. The van der Waals surface area contributed by atoms with Crippen LogP contribution in [0, 0.1) is 11.8 Å². The minimum atomic E-state index is -0.726. The van der Waals surface area contributed by atoms with Gasteiger partial charge in [-0.1, -0.05) is 12.1 Å². The first-order chi connectivity index (χ1) is 7.67. The lowest BCUT2D eigenvalue weighted by atomic mass is 9.90. The quantitative estimate of drug-likeness (QED) is 0.665. The predicted molar refractivity (Wildman–Crippen MR) is 61.1 cm³/mol. The largest absolute Gasteiger partial charge is 0.508 e. The molecule has 1 aliphatic heterocycles. The summed E-state index contributed by atoms with van der Waals surface area (Å²) in [6, 6.07) is 7.04. The average molecular weight is 219 g/mol. The van der Waals surface area contributed by atoms with Gasteiger partial charge < -0.3 is 15.5 Å². The van der Waals surface area contributed by atoms with E-state index in [0.29, 0.717) is 11.8 Å². The predicted octanol–water partition coefficient (Wildman–Crippen LogP) is 1.21. The fourth-order valence-electron chi connectivity index (χ4n) is 3.25. The van der Waals surface area contributed by atoms with Gasteiger partial charge in [-0.05, 0) is 55.5 Å². The topological polar surface area (TPSA) is 52.5 Å². The second-order valence-corrected chi connectivity index (χ2v) is 5.17. The number of aromatic hydroxyl groups is 1. The summed E-state index contributed by atoms with van der Waals surface area (Å²) in [5.74, 6) is 1.42. The summed E-state index contributed by atoms with van der Waals surface area (Å²) in [6.45, 7) is 2.04. The monoisotopic (exact) mass is 219 g/mol. The van der Waals surface area contributed by atoms with Gasteiger partial charge in [0, 0.05) is 0 Å². The maximum atomic E-state index is 10.7. The van der Waals surface area contributed by atoms with Crippen molar-refractivity contribution in [3.63, 3.8) is 0 Å². The molecule has 0 bridgehead atoms. The van der Waals surface area contributed by atoms with Gasteiger partial charge in [0.2, 0.25) is 0 Å². The summed E-state index contributed by atoms with van der Waals surface area (Å²) in [7, 11) is 0. The molecular formula is C13H17NO2. The van der Waals surface area contributed by atoms with Crippen molar-refractivity contribution in [2.45, 2.75) is 18.4 Å². The number of aliphatic hydroxyl groups is 1. The molecule has 1 saturated carbocycles. The van der Waals surface area contributed by atoms with Crippen LogP contribution in [0.5, 0.6) is 5.75 Å². The molecule has 3 heteroatoms. The zero-order valence-corrected chi connectivity index (χ0v) is 9.19. The molecule has 1 heterocycles. The van der Waals surface area contributed by atoms with Crippen molar-refractivity contribution in [2.24, 2.45) is 11.8 Å². The van der Waals surface area contributed by atoms with Gasteiger partial charge in [-0.3, -0.25) is 0 Å². The minimum Gasteiger partial charge on any atom is -0.508 e. The number of phenolic OH excluding ortho intramolecular Hbond substituents is 1. The van der Waals surface area contributed by atoms with Gasteiger partial charge in [-0.2, -0.15) is 0 Å². The second-order valence-electron chi connectivity index (χ2n) is 5.17. The molecule has 2 fully saturated rings. The van der Waals surface area contributed by atoms with Crippen molar-refractivity contribution in [3.05, 3.63) is 29.8 Å². The van der Waals surface area contributed by atoms with E-state index in [2.05, 4.69) is 5.32 Å². The molecule has 16 heavy (non-hydrogen) atoms. The fourth-order valence-corrected chi connectivity index (χ4v) is 3.25. The smallest absolute Gasteiger partial charge is 0.115 e. The first-order valence-electron chi connectivity index (χ1n) is 5.90. The summed E-state index contributed by atoms with van der Waals surface area (Å²) in [5, 5.41) is 23.5. The number of rotatable bonds is 1. The lowest BCUT2D eigenvalue weighted by Gasteiger charge is -2.24. The molecular weight excluding hydrogens is 202 g/mol. The highest BCUT2D eigenvalue weighted by atomic mass is 16.3. The Kier molecular flexibility index (Phi) is 2.19. The SMILES string of the molecule is Oc1cccc(C2(O)CC3CNCC3C2)c1. The van der Waals surface area contributed by atoms with E-state index in [1.165, 1.54) is 0 Å². The van der Waals surface area contributed by atoms with E-state index in [1.54, 1.807) is 18.2 Å². The number of benzene rings is 1. The highest BCUT2D eigenvalue weighted by Crippen LogP contribution is 2.47. The van der Waals surface area contributed by atoms with E-state index in [1.807, 2.05) is 6.07 Å².